The minimum absolute atomic E-state index is 0.0216. The molecule has 0 atom stereocenters. The van der Waals surface area contributed by atoms with Gasteiger partial charge in [-0.25, -0.2) is 9.97 Å². The Morgan fingerprint density at radius 3 is 2.13 bits per heavy atom. The van der Waals surface area contributed by atoms with Crippen molar-refractivity contribution < 1.29 is 18.4 Å². The predicted octanol–water partition coefficient (Wildman–Crippen LogP) is 3.34. The Balaban J connectivity index is 1.44. The van der Waals surface area contributed by atoms with E-state index in [2.05, 4.69) is 20.2 Å². The van der Waals surface area contributed by atoms with Gasteiger partial charge in [0.05, 0.1) is 18.2 Å². The molecule has 0 aromatic carbocycles. The van der Waals surface area contributed by atoms with Crippen LogP contribution in [0.15, 0.2) is 57.4 Å². The Bertz CT molecular complexity index is 1130. The number of hydrogen-bond donors (Lipinski definition) is 1. The number of ketones is 2. The largest absolute Gasteiger partial charge is 0.463 e. The second-order valence-electron chi connectivity index (χ2n) is 7.65. The fraction of sp³-hybridized carbons (Fsp3) is 0.304. The molecule has 0 radical (unpaired) electrons. The number of nitrogens with zero attached hydrogens (tertiary/aromatic N) is 3. The second-order valence-corrected chi connectivity index (χ2v) is 7.65. The summed E-state index contributed by atoms with van der Waals surface area (Å²) >= 11 is 0. The number of rotatable bonds is 6. The van der Waals surface area contributed by atoms with Crippen LogP contribution < -0.4 is 5.32 Å². The van der Waals surface area contributed by atoms with Crippen LogP contribution in [0.25, 0.3) is 22.9 Å². The maximum absolute atomic E-state index is 13.1. The summed E-state index contributed by atoms with van der Waals surface area (Å²) in [4.78, 5) is 37.2. The van der Waals surface area contributed by atoms with Crippen LogP contribution in [-0.2, 0) is 0 Å². The molecule has 0 bridgehead atoms. The van der Waals surface area contributed by atoms with Crippen molar-refractivity contribution in [3.8, 4) is 22.9 Å². The third-order valence-electron chi connectivity index (χ3n) is 5.57. The number of carbonyl (C=O) groups is 2. The molecule has 8 nitrogen and oxygen atoms in total. The number of piperidine rings is 1. The van der Waals surface area contributed by atoms with Crippen LogP contribution in [0.1, 0.15) is 40.2 Å². The number of Topliss-reactive ketones (excluding diaryl/α,β-unsaturated/α-hetero) is 1. The van der Waals surface area contributed by atoms with E-state index in [0.29, 0.717) is 29.5 Å². The molecule has 3 aromatic heterocycles. The molecule has 1 aliphatic heterocycles. The Hall–Kier alpha value is -3.52. The molecule has 8 heteroatoms. The van der Waals surface area contributed by atoms with E-state index >= 15 is 0 Å². The maximum atomic E-state index is 13.1. The van der Waals surface area contributed by atoms with Crippen molar-refractivity contribution in [2.75, 3.05) is 26.2 Å². The average molecular weight is 418 g/mol. The zero-order valence-corrected chi connectivity index (χ0v) is 17.0. The van der Waals surface area contributed by atoms with Crippen molar-refractivity contribution in [1.82, 2.24) is 20.2 Å². The van der Waals surface area contributed by atoms with Gasteiger partial charge in [-0.1, -0.05) is 6.42 Å². The molecule has 1 aliphatic carbocycles. The summed E-state index contributed by atoms with van der Waals surface area (Å²) in [7, 11) is 0. The van der Waals surface area contributed by atoms with Crippen LogP contribution >= 0.6 is 0 Å². The highest BCUT2D eigenvalue weighted by atomic mass is 16.3. The lowest BCUT2D eigenvalue weighted by Crippen LogP contribution is -2.37. The van der Waals surface area contributed by atoms with E-state index in [1.54, 1.807) is 24.3 Å². The number of furan rings is 2. The van der Waals surface area contributed by atoms with Crippen molar-refractivity contribution >= 4 is 11.6 Å². The van der Waals surface area contributed by atoms with Gasteiger partial charge in [-0.15, -0.1) is 0 Å². The Morgan fingerprint density at radius 1 is 0.871 bits per heavy atom. The van der Waals surface area contributed by atoms with Gasteiger partial charge in [0.1, 0.15) is 22.8 Å². The summed E-state index contributed by atoms with van der Waals surface area (Å²) in [6.07, 6.45) is 8.03. The fourth-order valence-electron chi connectivity index (χ4n) is 3.99. The van der Waals surface area contributed by atoms with Gasteiger partial charge in [0, 0.05) is 19.2 Å². The molecular weight excluding hydrogens is 396 g/mol. The van der Waals surface area contributed by atoms with Crippen LogP contribution in [0.2, 0.25) is 0 Å². The standard InChI is InChI=1S/C23H22N4O4/c28-16-14-15(24-8-11-27-9-2-1-3-10-27)23(29)22-19(16)25-20(17-6-4-12-30-17)21(26-22)18-7-5-13-31-18/h4-7,12-14,24H,1-3,8-11H2. The SMILES string of the molecule is O=C1C=C(NCCN2CCCCC2)C(=O)c2nc(-c3ccco3)c(-c3ccco3)nc21. The number of allylic oxidation sites excluding steroid dienone is 2. The molecule has 1 fully saturated rings. The predicted molar refractivity (Wildman–Crippen MR) is 112 cm³/mol. The highest BCUT2D eigenvalue weighted by Crippen LogP contribution is 2.32. The van der Waals surface area contributed by atoms with E-state index in [-0.39, 0.29) is 28.7 Å². The van der Waals surface area contributed by atoms with Gasteiger partial charge in [0.25, 0.3) is 0 Å². The molecule has 0 saturated carbocycles. The molecule has 2 aliphatic rings. The third kappa shape index (κ3) is 3.82. The highest BCUT2D eigenvalue weighted by Gasteiger charge is 2.32. The lowest BCUT2D eigenvalue weighted by molar-refractivity contribution is 0.0970. The van der Waals surface area contributed by atoms with Crippen molar-refractivity contribution in [1.29, 1.82) is 0 Å². The lowest BCUT2D eigenvalue weighted by atomic mass is 10.0. The molecule has 1 saturated heterocycles. The third-order valence-corrected chi connectivity index (χ3v) is 5.57. The molecule has 4 heterocycles. The van der Waals surface area contributed by atoms with E-state index in [1.807, 2.05) is 0 Å². The molecule has 158 valence electrons. The minimum atomic E-state index is -0.360. The van der Waals surface area contributed by atoms with E-state index < -0.39 is 0 Å². The van der Waals surface area contributed by atoms with Gasteiger partial charge in [0.15, 0.2) is 11.5 Å². The van der Waals surface area contributed by atoms with Gasteiger partial charge >= 0.3 is 0 Å². The summed E-state index contributed by atoms with van der Waals surface area (Å²) in [5.41, 5.74) is 1.01. The fourth-order valence-corrected chi connectivity index (χ4v) is 3.99. The van der Waals surface area contributed by atoms with Crippen molar-refractivity contribution in [3.63, 3.8) is 0 Å². The highest BCUT2D eigenvalue weighted by molar-refractivity contribution is 6.23. The molecule has 1 N–H and O–H groups in total. The van der Waals surface area contributed by atoms with Gasteiger partial charge in [-0.3, -0.25) is 9.59 Å². The summed E-state index contributed by atoms with van der Waals surface area (Å²) in [6.45, 7) is 3.56. The Labute approximate surface area is 179 Å². The van der Waals surface area contributed by atoms with Crippen molar-refractivity contribution in [3.05, 3.63) is 60.0 Å². The zero-order valence-electron chi connectivity index (χ0n) is 17.0. The first-order chi connectivity index (χ1) is 15.2. The summed E-state index contributed by atoms with van der Waals surface area (Å²) in [5, 5.41) is 3.13. The van der Waals surface area contributed by atoms with Crippen LogP contribution in [0.4, 0.5) is 0 Å². The second kappa shape index (κ2) is 8.31. The number of fused-ring (bicyclic) bond motifs is 1. The minimum Gasteiger partial charge on any atom is -0.463 e. The summed E-state index contributed by atoms with van der Waals surface area (Å²) < 4.78 is 11.0. The van der Waals surface area contributed by atoms with E-state index in [1.165, 1.54) is 37.9 Å². The van der Waals surface area contributed by atoms with Crippen LogP contribution in [0.5, 0.6) is 0 Å². The first-order valence-electron chi connectivity index (χ1n) is 10.5. The number of carbonyl (C=O) groups excluding carboxylic acids is 2. The Morgan fingerprint density at radius 2 is 1.52 bits per heavy atom. The van der Waals surface area contributed by atoms with E-state index in [4.69, 9.17) is 8.83 Å². The first kappa shape index (κ1) is 19.4. The monoisotopic (exact) mass is 418 g/mol. The van der Waals surface area contributed by atoms with Crippen molar-refractivity contribution in [2.24, 2.45) is 0 Å². The number of likely N-dealkylation sites (tertiary alicyclic amines) is 1. The first-order valence-corrected chi connectivity index (χ1v) is 10.5. The average Bonchev–Trinajstić information content (AvgIpc) is 3.51. The van der Waals surface area contributed by atoms with Crippen LogP contribution in [0.3, 0.4) is 0 Å². The Kier molecular flexibility index (Phi) is 5.21. The molecule has 5 rings (SSSR count). The number of hydrogen-bond acceptors (Lipinski definition) is 8. The number of aromatic nitrogens is 2. The van der Waals surface area contributed by atoms with Crippen LogP contribution in [-0.4, -0.2) is 52.6 Å². The zero-order chi connectivity index (χ0) is 21.2. The smallest absolute Gasteiger partial charge is 0.229 e. The topological polar surface area (TPSA) is 101 Å². The molecule has 0 spiro atoms. The van der Waals surface area contributed by atoms with Crippen molar-refractivity contribution in [2.45, 2.75) is 19.3 Å². The maximum Gasteiger partial charge on any atom is 0.229 e. The van der Waals surface area contributed by atoms with Gasteiger partial charge in [-0.2, -0.15) is 0 Å². The van der Waals surface area contributed by atoms with Gasteiger partial charge < -0.3 is 19.1 Å². The summed E-state index contributed by atoms with van der Waals surface area (Å²) in [5.74, 6) is 0.174. The molecule has 3 aromatic rings. The molecule has 31 heavy (non-hydrogen) atoms. The van der Waals surface area contributed by atoms with E-state index in [9.17, 15) is 9.59 Å². The van der Waals surface area contributed by atoms with Crippen LogP contribution in [0, 0.1) is 0 Å². The van der Waals surface area contributed by atoms with Gasteiger partial charge in [0.2, 0.25) is 11.6 Å². The van der Waals surface area contributed by atoms with Gasteiger partial charge in [-0.05, 0) is 50.2 Å². The molecule has 0 amide bonds. The van der Waals surface area contributed by atoms with E-state index in [0.717, 1.165) is 19.6 Å². The lowest BCUT2D eigenvalue weighted by Gasteiger charge is -2.26. The normalized spacial score (nSPS) is 16.8. The summed E-state index contributed by atoms with van der Waals surface area (Å²) in [6, 6.07) is 6.90. The molecule has 0 unspecified atom stereocenters. The quantitative estimate of drug-likeness (QED) is 0.650. The number of nitrogens with one attached hydrogen (secondary N) is 1. The molecular formula is C23H22N4O4.